The Morgan fingerprint density at radius 2 is 1.95 bits per heavy atom. The number of benzene rings is 1. The molecular weight excluding hydrogens is 354 g/mol. The van der Waals surface area contributed by atoms with Gasteiger partial charge >= 0.3 is 5.97 Å². The molecule has 0 aliphatic rings. The molecule has 21 heavy (non-hydrogen) atoms. The Morgan fingerprint density at radius 1 is 1.24 bits per heavy atom. The highest BCUT2D eigenvalue weighted by Crippen LogP contribution is 2.23. The highest BCUT2D eigenvalue weighted by atomic mass is 79.9. The van der Waals surface area contributed by atoms with Gasteiger partial charge in [0.05, 0.1) is 14.2 Å². The van der Waals surface area contributed by atoms with Gasteiger partial charge in [-0.25, -0.2) is 4.79 Å². The molecule has 0 unspecified atom stereocenters. The maximum atomic E-state index is 12.2. The molecule has 6 heteroatoms. The van der Waals surface area contributed by atoms with Gasteiger partial charge in [-0.3, -0.25) is 4.79 Å². The molecule has 0 bridgehead atoms. The Hall–Kier alpha value is -1.66. The number of amides is 1. The summed E-state index contributed by atoms with van der Waals surface area (Å²) in [5, 5.41) is 9.14. The number of aromatic carboxylic acids is 1. The topological polar surface area (TPSA) is 57.6 Å². The first-order chi connectivity index (χ1) is 9.99. The van der Waals surface area contributed by atoms with E-state index in [0.29, 0.717) is 17.8 Å². The van der Waals surface area contributed by atoms with Crippen LogP contribution in [-0.2, 0) is 6.42 Å². The zero-order valence-corrected chi connectivity index (χ0v) is 13.8. The SMILES string of the molecule is CN(CCc1ccccc1C(=O)O)C(=O)c1ccc(Br)s1. The molecule has 1 aromatic carbocycles. The van der Waals surface area contributed by atoms with Crippen LogP contribution in [0.4, 0.5) is 0 Å². The van der Waals surface area contributed by atoms with Crippen LogP contribution in [0.1, 0.15) is 25.6 Å². The second kappa shape index (κ2) is 6.87. The lowest BCUT2D eigenvalue weighted by Gasteiger charge is -2.16. The maximum Gasteiger partial charge on any atom is 0.335 e. The molecule has 0 saturated carbocycles. The normalized spacial score (nSPS) is 10.4. The van der Waals surface area contributed by atoms with Crippen LogP contribution >= 0.6 is 27.3 Å². The first kappa shape index (κ1) is 15.7. The molecule has 0 radical (unpaired) electrons. The third kappa shape index (κ3) is 3.92. The number of carboxylic acid groups (broad SMARTS) is 1. The van der Waals surface area contributed by atoms with Crippen molar-refractivity contribution in [3.05, 3.63) is 56.2 Å². The van der Waals surface area contributed by atoms with Gasteiger partial charge in [0.2, 0.25) is 0 Å². The molecule has 0 saturated heterocycles. The Labute approximate surface area is 135 Å². The molecule has 2 aromatic rings. The summed E-state index contributed by atoms with van der Waals surface area (Å²) in [5.41, 5.74) is 1.02. The summed E-state index contributed by atoms with van der Waals surface area (Å²) in [6.45, 7) is 0.471. The van der Waals surface area contributed by atoms with Crippen molar-refractivity contribution >= 4 is 39.1 Å². The Balaban J connectivity index is 2.03. The lowest BCUT2D eigenvalue weighted by molar-refractivity contribution is 0.0695. The van der Waals surface area contributed by atoms with Crippen LogP contribution in [0, 0.1) is 0 Å². The first-order valence-electron chi connectivity index (χ1n) is 6.31. The molecule has 0 atom stereocenters. The van der Waals surface area contributed by atoms with Crippen LogP contribution in [0.2, 0.25) is 0 Å². The van der Waals surface area contributed by atoms with E-state index in [2.05, 4.69) is 15.9 Å². The minimum atomic E-state index is -0.943. The summed E-state index contributed by atoms with van der Waals surface area (Å²) in [6, 6.07) is 10.5. The van der Waals surface area contributed by atoms with E-state index < -0.39 is 5.97 Å². The average molecular weight is 368 g/mol. The summed E-state index contributed by atoms with van der Waals surface area (Å²) in [6.07, 6.45) is 0.511. The van der Waals surface area contributed by atoms with Gasteiger partial charge in [0.1, 0.15) is 0 Å². The van der Waals surface area contributed by atoms with E-state index in [-0.39, 0.29) is 11.5 Å². The third-order valence-electron chi connectivity index (χ3n) is 3.10. The van der Waals surface area contributed by atoms with Gasteiger partial charge in [-0.2, -0.15) is 0 Å². The Kier molecular flexibility index (Phi) is 5.14. The van der Waals surface area contributed by atoms with Crippen molar-refractivity contribution in [2.24, 2.45) is 0 Å². The number of carboxylic acids is 1. The Morgan fingerprint density at radius 3 is 2.57 bits per heavy atom. The highest BCUT2D eigenvalue weighted by Gasteiger charge is 2.15. The number of hydrogen-bond donors (Lipinski definition) is 1. The molecule has 0 aliphatic carbocycles. The van der Waals surface area contributed by atoms with E-state index in [0.717, 1.165) is 9.35 Å². The predicted octanol–water partition coefficient (Wildman–Crippen LogP) is 3.52. The summed E-state index contributed by atoms with van der Waals surface area (Å²) < 4.78 is 0.912. The molecule has 1 amide bonds. The van der Waals surface area contributed by atoms with Crippen LogP contribution in [0.15, 0.2) is 40.2 Å². The van der Waals surface area contributed by atoms with Crippen LogP contribution in [-0.4, -0.2) is 35.5 Å². The molecular formula is C15H14BrNO3S. The largest absolute Gasteiger partial charge is 0.478 e. The Bertz CT molecular complexity index is 668. The van der Waals surface area contributed by atoms with Gasteiger partial charge in [-0.1, -0.05) is 18.2 Å². The molecule has 0 fully saturated rings. The van der Waals surface area contributed by atoms with Crippen molar-refractivity contribution in [1.29, 1.82) is 0 Å². The lowest BCUT2D eigenvalue weighted by atomic mass is 10.0. The van der Waals surface area contributed by atoms with E-state index in [1.165, 1.54) is 11.3 Å². The van der Waals surface area contributed by atoms with Gasteiger partial charge in [0.15, 0.2) is 0 Å². The number of halogens is 1. The van der Waals surface area contributed by atoms with Gasteiger partial charge in [0, 0.05) is 13.6 Å². The van der Waals surface area contributed by atoms with Crippen molar-refractivity contribution in [3.63, 3.8) is 0 Å². The van der Waals surface area contributed by atoms with E-state index >= 15 is 0 Å². The molecule has 0 aliphatic heterocycles. The molecule has 4 nitrogen and oxygen atoms in total. The molecule has 2 rings (SSSR count). The molecule has 1 heterocycles. The third-order valence-corrected chi connectivity index (χ3v) is 4.71. The number of hydrogen-bond acceptors (Lipinski definition) is 3. The summed E-state index contributed by atoms with van der Waals surface area (Å²) in [7, 11) is 1.72. The predicted molar refractivity (Wildman–Crippen MR) is 86.1 cm³/mol. The zero-order chi connectivity index (χ0) is 15.4. The zero-order valence-electron chi connectivity index (χ0n) is 11.4. The van der Waals surface area contributed by atoms with Crippen LogP contribution in [0.25, 0.3) is 0 Å². The fourth-order valence-electron chi connectivity index (χ4n) is 1.95. The fraction of sp³-hybridized carbons (Fsp3) is 0.200. The standard InChI is InChI=1S/C15H14BrNO3S/c1-17(14(18)12-6-7-13(16)21-12)9-8-10-4-2-3-5-11(10)15(19)20/h2-7H,8-9H2,1H3,(H,19,20). The molecule has 110 valence electrons. The maximum absolute atomic E-state index is 12.2. The summed E-state index contributed by atoms with van der Waals surface area (Å²) in [5.74, 6) is -1.000. The van der Waals surface area contributed by atoms with E-state index in [1.807, 2.05) is 6.07 Å². The number of thiophene rings is 1. The lowest BCUT2D eigenvalue weighted by Crippen LogP contribution is -2.28. The quantitative estimate of drug-likeness (QED) is 0.879. The summed E-state index contributed by atoms with van der Waals surface area (Å²) in [4.78, 5) is 25.6. The van der Waals surface area contributed by atoms with E-state index in [1.54, 1.807) is 42.3 Å². The molecule has 0 spiro atoms. The second-order valence-corrected chi connectivity index (χ2v) is 7.01. The summed E-state index contributed by atoms with van der Waals surface area (Å²) >= 11 is 4.72. The smallest absolute Gasteiger partial charge is 0.335 e. The number of nitrogens with zero attached hydrogens (tertiary/aromatic N) is 1. The van der Waals surface area contributed by atoms with Crippen LogP contribution in [0.5, 0.6) is 0 Å². The minimum absolute atomic E-state index is 0.0569. The number of rotatable bonds is 5. The van der Waals surface area contributed by atoms with Crippen LogP contribution < -0.4 is 0 Å². The number of carbonyl (C=O) groups is 2. The van der Waals surface area contributed by atoms with E-state index in [4.69, 9.17) is 5.11 Å². The van der Waals surface area contributed by atoms with Gasteiger partial charge in [-0.15, -0.1) is 11.3 Å². The average Bonchev–Trinajstić information content (AvgIpc) is 2.90. The number of carbonyl (C=O) groups excluding carboxylic acids is 1. The van der Waals surface area contributed by atoms with Gasteiger partial charge in [-0.05, 0) is 46.1 Å². The van der Waals surface area contributed by atoms with Crippen molar-refractivity contribution < 1.29 is 14.7 Å². The minimum Gasteiger partial charge on any atom is -0.478 e. The first-order valence-corrected chi connectivity index (χ1v) is 7.92. The van der Waals surface area contributed by atoms with Gasteiger partial charge < -0.3 is 10.0 Å². The van der Waals surface area contributed by atoms with Crippen molar-refractivity contribution in [2.75, 3.05) is 13.6 Å². The van der Waals surface area contributed by atoms with Crippen molar-refractivity contribution in [1.82, 2.24) is 4.90 Å². The van der Waals surface area contributed by atoms with Crippen molar-refractivity contribution in [3.8, 4) is 0 Å². The molecule has 1 N–H and O–H groups in total. The highest BCUT2D eigenvalue weighted by molar-refractivity contribution is 9.11. The molecule has 1 aromatic heterocycles. The van der Waals surface area contributed by atoms with Crippen molar-refractivity contribution in [2.45, 2.75) is 6.42 Å². The van der Waals surface area contributed by atoms with E-state index in [9.17, 15) is 9.59 Å². The van der Waals surface area contributed by atoms with Gasteiger partial charge in [0.25, 0.3) is 5.91 Å². The monoisotopic (exact) mass is 367 g/mol. The fourth-order valence-corrected chi connectivity index (χ4v) is 3.33. The second-order valence-electron chi connectivity index (χ2n) is 4.54. The number of likely N-dealkylation sites (N-methyl/N-ethyl adjacent to an activating group) is 1. The van der Waals surface area contributed by atoms with Crippen LogP contribution in [0.3, 0.4) is 0 Å².